The van der Waals surface area contributed by atoms with Crippen LogP contribution in [0.3, 0.4) is 0 Å². The summed E-state index contributed by atoms with van der Waals surface area (Å²) in [6.07, 6.45) is 2.15. The van der Waals surface area contributed by atoms with Crippen molar-refractivity contribution in [3.8, 4) is 17.2 Å². The molecule has 0 saturated carbocycles. The smallest absolute Gasteiger partial charge is 0.250 e. The number of benzene rings is 3. The van der Waals surface area contributed by atoms with Gasteiger partial charge in [0, 0.05) is 5.39 Å². The van der Waals surface area contributed by atoms with Crippen LogP contribution >= 0.6 is 0 Å². The van der Waals surface area contributed by atoms with E-state index in [0.717, 1.165) is 23.1 Å². The van der Waals surface area contributed by atoms with Gasteiger partial charge in [0.15, 0.2) is 5.82 Å². The summed E-state index contributed by atoms with van der Waals surface area (Å²) in [5.74, 6) is 6.51. The molecule has 0 bridgehead atoms. The Bertz CT molecular complexity index is 1310. The fraction of sp³-hybridized carbons (Fsp3) is 0.120. The van der Waals surface area contributed by atoms with Crippen LogP contribution in [0.15, 0.2) is 73.1 Å². The van der Waals surface area contributed by atoms with Crippen LogP contribution in [0.5, 0.6) is 0 Å². The highest BCUT2D eigenvalue weighted by Gasteiger charge is 2.22. The zero-order valence-electron chi connectivity index (χ0n) is 17.6. The maximum absolute atomic E-state index is 12.3. The van der Waals surface area contributed by atoms with Gasteiger partial charge in [-0.2, -0.15) is 5.26 Å². The molecule has 0 spiro atoms. The van der Waals surface area contributed by atoms with Crippen LogP contribution in [-0.4, -0.2) is 15.9 Å². The summed E-state index contributed by atoms with van der Waals surface area (Å²) in [6.45, 7) is 2.05. The number of primary amides is 1. The summed E-state index contributed by atoms with van der Waals surface area (Å²) in [4.78, 5) is 21.1. The van der Waals surface area contributed by atoms with E-state index < -0.39 is 5.91 Å². The van der Waals surface area contributed by atoms with Crippen molar-refractivity contribution in [3.63, 3.8) is 0 Å². The molecule has 7 heteroatoms. The standard InChI is InChI=1S/C25H22N6O/c1-2-22(18-6-4-3-5-7-18)31(28)25-21-13-19(17-10-8-16(14-26)9-11-17)12-20(24(27)32)23(21)29-15-30-25/h3-13,15,22H,2,28H2,1H3,(H2,27,32). The normalized spacial score (nSPS) is 11.7. The van der Waals surface area contributed by atoms with Gasteiger partial charge in [-0.15, -0.1) is 0 Å². The molecule has 1 heterocycles. The molecule has 4 aromatic rings. The number of nitriles is 1. The number of carbonyl (C=O) groups excluding carboxylic acids is 1. The predicted molar refractivity (Wildman–Crippen MR) is 124 cm³/mol. The van der Waals surface area contributed by atoms with Gasteiger partial charge in [0.2, 0.25) is 0 Å². The van der Waals surface area contributed by atoms with Crippen molar-refractivity contribution < 1.29 is 4.79 Å². The number of aromatic nitrogens is 2. The van der Waals surface area contributed by atoms with Gasteiger partial charge in [0.25, 0.3) is 5.91 Å². The second-order valence-electron chi connectivity index (χ2n) is 7.41. The van der Waals surface area contributed by atoms with Crippen LogP contribution in [0.2, 0.25) is 0 Å². The first-order chi connectivity index (χ1) is 15.5. The maximum atomic E-state index is 12.3. The number of hydrazine groups is 1. The molecule has 7 nitrogen and oxygen atoms in total. The topological polar surface area (TPSA) is 122 Å². The molecule has 158 valence electrons. The van der Waals surface area contributed by atoms with Gasteiger partial charge in [-0.05, 0) is 47.4 Å². The van der Waals surface area contributed by atoms with Crippen LogP contribution in [0.4, 0.5) is 5.82 Å². The number of fused-ring (bicyclic) bond motifs is 1. The third-order valence-corrected chi connectivity index (χ3v) is 5.48. The number of carbonyl (C=O) groups is 1. The van der Waals surface area contributed by atoms with E-state index in [4.69, 9.17) is 16.8 Å². The van der Waals surface area contributed by atoms with Gasteiger partial charge in [-0.25, -0.2) is 15.8 Å². The fourth-order valence-corrected chi connectivity index (χ4v) is 3.87. The molecule has 4 rings (SSSR count). The Labute approximate surface area is 185 Å². The summed E-state index contributed by atoms with van der Waals surface area (Å²) in [6, 6.07) is 22.6. The van der Waals surface area contributed by atoms with Crippen LogP contribution in [0.25, 0.3) is 22.0 Å². The minimum absolute atomic E-state index is 0.120. The van der Waals surface area contributed by atoms with Gasteiger partial charge < -0.3 is 5.73 Å². The predicted octanol–water partition coefficient (Wildman–Crippen LogP) is 4.10. The van der Waals surface area contributed by atoms with E-state index in [1.54, 1.807) is 23.2 Å². The molecule has 1 aromatic heterocycles. The number of hydrogen-bond acceptors (Lipinski definition) is 6. The highest BCUT2D eigenvalue weighted by molar-refractivity contribution is 6.09. The van der Waals surface area contributed by atoms with Gasteiger partial charge >= 0.3 is 0 Å². The second kappa shape index (κ2) is 8.84. The third-order valence-electron chi connectivity index (χ3n) is 5.48. The number of nitrogens with two attached hydrogens (primary N) is 2. The second-order valence-corrected chi connectivity index (χ2v) is 7.41. The van der Waals surface area contributed by atoms with Crippen molar-refractivity contribution in [2.75, 3.05) is 5.01 Å². The van der Waals surface area contributed by atoms with Gasteiger partial charge in [0.05, 0.1) is 28.8 Å². The molecule has 1 atom stereocenters. The van der Waals surface area contributed by atoms with E-state index in [1.807, 2.05) is 48.5 Å². The Hall–Kier alpha value is -4.28. The Morgan fingerprint density at radius 3 is 2.41 bits per heavy atom. The van der Waals surface area contributed by atoms with Crippen molar-refractivity contribution in [2.24, 2.45) is 11.6 Å². The van der Waals surface area contributed by atoms with Crippen molar-refractivity contribution in [2.45, 2.75) is 19.4 Å². The van der Waals surface area contributed by atoms with Crippen LogP contribution < -0.4 is 16.6 Å². The minimum Gasteiger partial charge on any atom is -0.366 e. The maximum Gasteiger partial charge on any atom is 0.250 e. The Morgan fingerprint density at radius 2 is 1.78 bits per heavy atom. The number of hydrogen-bond donors (Lipinski definition) is 2. The van der Waals surface area contributed by atoms with Crippen LogP contribution in [-0.2, 0) is 0 Å². The molecular formula is C25H22N6O. The highest BCUT2D eigenvalue weighted by atomic mass is 16.1. The summed E-state index contributed by atoms with van der Waals surface area (Å²) >= 11 is 0. The van der Waals surface area contributed by atoms with Gasteiger partial charge in [0.1, 0.15) is 6.33 Å². The third kappa shape index (κ3) is 3.87. The zero-order chi connectivity index (χ0) is 22.7. The van der Waals surface area contributed by atoms with Crippen LogP contribution in [0.1, 0.15) is 40.9 Å². The fourth-order valence-electron chi connectivity index (χ4n) is 3.87. The molecule has 0 radical (unpaired) electrons. The first kappa shape index (κ1) is 21.0. The van der Waals surface area contributed by atoms with Crippen molar-refractivity contribution in [1.82, 2.24) is 9.97 Å². The largest absolute Gasteiger partial charge is 0.366 e. The molecule has 0 aliphatic rings. The highest BCUT2D eigenvalue weighted by Crippen LogP contribution is 2.34. The molecular weight excluding hydrogens is 400 g/mol. The van der Waals surface area contributed by atoms with E-state index in [-0.39, 0.29) is 11.6 Å². The number of anilines is 1. The number of amides is 1. The zero-order valence-corrected chi connectivity index (χ0v) is 17.6. The van der Waals surface area contributed by atoms with E-state index in [2.05, 4.69) is 23.0 Å². The van der Waals surface area contributed by atoms with E-state index in [0.29, 0.717) is 22.3 Å². The van der Waals surface area contributed by atoms with Gasteiger partial charge in [-0.3, -0.25) is 9.80 Å². The molecule has 0 fully saturated rings. The van der Waals surface area contributed by atoms with Crippen molar-refractivity contribution in [3.05, 3.63) is 89.7 Å². The van der Waals surface area contributed by atoms with Crippen molar-refractivity contribution >= 4 is 22.6 Å². The molecule has 0 saturated heterocycles. The lowest BCUT2D eigenvalue weighted by Gasteiger charge is -2.29. The average Bonchev–Trinajstić information content (AvgIpc) is 2.84. The lowest BCUT2D eigenvalue weighted by molar-refractivity contribution is 0.100. The molecule has 3 aromatic carbocycles. The van der Waals surface area contributed by atoms with E-state index in [9.17, 15) is 4.79 Å². The lowest BCUT2D eigenvalue weighted by Crippen LogP contribution is -2.36. The number of rotatable bonds is 6. The molecule has 1 amide bonds. The monoisotopic (exact) mass is 422 g/mol. The Morgan fingerprint density at radius 1 is 1.06 bits per heavy atom. The summed E-state index contributed by atoms with van der Waals surface area (Å²) in [7, 11) is 0. The number of nitrogens with zero attached hydrogens (tertiary/aromatic N) is 4. The van der Waals surface area contributed by atoms with Gasteiger partial charge in [-0.1, -0.05) is 49.4 Å². The first-order valence-corrected chi connectivity index (χ1v) is 10.2. The van der Waals surface area contributed by atoms with E-state index >= 15 is 0 Å². The quantitative estimate of drug-likeness (QED) is 0.356. The Balaban J connectivity index is 1.91. The lowest BCUT2D eigenvalue weighted by atomic mass is 9.98. The average molecular weight is 422 g/mol. The summed E-state index contributed by atoms with van der Waals surface area (Å²) in [5, 5.41) is 11.3. The SMILES string of the molecule is CCC(c1ccccc1)N(N)c1ncnc2c(C(N)=O)cc(-c3ccc(C#N)cc3)cc12. The first-order valence-electron chi connectivity index (χ1n) is 10.2. The molecule has 1 unspecified atom stereocenters. The van der Waals surface area contributed by atoms with Crippen molar-refractivity contribution in [1.29, 1.82) is 5.26 Å². The summed E-state index contributed by atoms with van der Waals surface area (Å²) in [5.41, 5.74) is 9.62. The Kier molecular flexibility index (Phi) is 5.79. The molecule has 0 aliphatic heterocycles. The van der Waals surface area contributed by atoms with E-state index in [1.165, 1.54) is 6.33 Å². The molecule has 32 heavy (non-hydrogen) atoms. The molecule has 0 aliphatic carbocycles. The van der Waals surface area contributed by atoms with Crippen LogP contribution in [0, 0.1) is 11.3 Å². The molecule has 4 N–H and O–H groups in total. The summed E-state index contributed by atoms with van der Waals surface area (Å²) < 4.78 is 0. The minimum atomic E-state index is -0.589.